The molecule has 1 aliphatic carbocycles. The molecule has 1 fully saturated rings. The largest absolute Gasteiger partial charge is 0.383 e. The minimum absolute atomic E-state index is 0.134. The summed E-state index contributed by atoms with van der Waals surface area (Å²) in [5, 5.41) is 9.47. The van der Waals surface area contributed by atoms with Gasteiger partial charge in [-0.25, -0.2) is 0 Å². The second-order valence-electron chi connectivity index (χ2n) is 6.19. The van der Waals surface area contributed by atoms with Crippen LogP contribution >= 0.6 is 0 Å². The molecule has 0 amide bonds. The number of benzene rings is 1. The number of ether oxygens (including phenoxy) is 1. The van der Waals surface area contributed by atoms with E-state index in [9.17, 15) is 5.26 Å². The Bertz CT molecular complexity index is 468. The van der Waals surface area contributed by atoms with Crippen molar-refractivity contribution in [3.63, 3.8) is 0 Å². The van der Waals surface area contributed by atoms with Gasteiger partial charge >= 0.3 is 0 Å². The first kappa shape index (κ1) is 16.0. The van der Waals surface area contributed by atoms with Crippen molar-refractivity contribution in [3.8, 4) is 6.07 Å². The molecule has 2 rings (SSSR count). The zero-order valence-electron chi connectivity index (χ0n) is 13.3. The summed E-state index contributed by atoms with van der Waals surface area (Å²) >= 11 is 0. The number of hydrogen-bond acceptors (Lipinski definition) is 3. The number of likely N-dealkylation sites (N-methyl/N-ethyl adjacent to an activating group) is 1. The average Bonchev–Trinajstić information content (AvgIpc) is 2.54. The number of nitriles is 1. The Morgan fingerprint density at radius 3 is 2.67 bits per heavy atom. The fraction of sp³-hybridized carbons (Fsp3) is 0.611. The lowest BCUT2D eigenvalue weighted by Gasteiger charge is -2.41. The van der Waals surface area contributed by atoms with E-state index in [-0.39, 0.29) is 5.92 Å². The lowest BCUT2D eigenvalue weighted by Crippen LogP contribution is -2.47. The summed E-state index contributed by atoms with van der Waals surface area (Å²) in [6.07, 6.45) is 3.17. The van der Waals surface area contributed by atoms with Crippen molar-refractivity contribution >= 4 is 0 Å². The zero-order valence-corrected chi connectivity index (χ0v) is 13.3. The van der Waals surface area contributed by atoms with Crippen molar-refractivity contribution in [2.45, 2.75) is 44.2 Å². The molecule has 0 aliphatic heterocycles. The van der Waals surface area contributed by atoms with Crippen molar-refractivity contribution in [1.29, 1.82) is 5.26 Å². The van der Waals surface area contributed by atoms with Gasteiger partial charge < -0.3 is 4.74 Å². The van der Waals surface area contributed by atoms with Gasteiger partial charge in [0.05, 0.1) is 18.6 Å². The highest BCUT2D eigenvalue weighted by Crippen LogP contribution is 2.38. The van der Waals surface area contributed by atoms with Gasteiger partial charge in [-0.3, -0.25) is 4.90 Å². The molecule has 0 aromatic heterocycles. The van der Waals surface area contributed by atoms with Crippen molar-refractivity contribution in [2.75, 3.05) is 20.8 Å². The molecule has 0 saturated heterocycles. The summed E-state index contributed by atoms with van der Waals surface area (Å²) < 4.78 is 5.27. The van der Waals surface area contributed by atoms with Crippen LogP contribution in [0.1, 0.15) is 37.7 Å². The molecule has 0 spiro atoms. The monoisotopic (exact) mass is 286 g/mol. The maximum Gasteiger partial charge on any atom is 0.0672 e. The van der Waals surface area contributed by atoms with E-state index >= 15 is 0 Å². The van der Waals surface area contributed by atoms with E-state index in [0.717, 1.165) is 19.3 Å². The molecule has 114 valence electrons. The minimum atomic E-state index is 0.134. The van der Waals surface area contributed by atoms with Gasteiger partial charge in [-0.2, -0.15) is 5.26 Å². The van der Waals surface area contributed by atoms with Crippen molar-refractivity contribution in [3.05, 3.63) is 35.9 Å². The normalized spacial score (nSPS) is 27.3. The Labute approximate surface area is 128 Å². The SMILES string of the molecule is COCC(C)N(C)C1CC(c2ccccc2)CCC1C#N. The van der Waals surface area contributed by atoms with Gasteiger partial charge in [-0.1, -0.05) is 30.3 Å². The van der Waals surface area contributed by atoms with Crippen molar-refractivity contribution < 1.29 is 4.74 Å². The van der Waals surface area contributed by atoms with Crippen LogP contribution in [-0.2, 0) is 4.74 Å². The summed E-state index contributed by atoms with van der Waals surface area (Å²) in [5.41, 5.74) is 1.41. The smallest absolute Gasteiger partial charge is 0.0672 e. The molecule has 3 heteroatoms. The van der Waals surface area contributed by atoms with E-state index < -0.39 is 0 Å². The average molecular weight is 286 g/mol. The van der Waals surface area contributed by atoms with E-state index in [0.29, 0.717) is 24.6 Å². The van der Waals surface area contributed by atoms with Crippen LogP contribution in [0.4, 0.5) is 0 Å². The second kappa shape index (κ2) is 7.59. The standard InChI is InChI=1S/C18H26N2O/c1-14(13-21-3)20(2)18-11-16(9-10-17(18)12-19)15-7-5-4-6-8-15/h4-8,14,16-18H,9-11,13H2,1-3H3. The van der Waals surface area contributed by atoms with E-state index in [2.05, 4.69) is 55.3 Å². The number of rotatable bonds is 5. The van der Waals surface area contributed by atoms with Gasteiger partial charge in [0.15, 0.2) is 0 Å². The first-order valence-electron chi connectivity index (χ1n) is 7.82. The summed E-state index contributed by atoms with van der Waals surface area (Å²) in [4.78, 5) is 2.34. The molecule has 3 nitrogen and oxygen atoms in total. The zero-order chi connectivity index (χ0) is 15.2. The minimum Gasteiger partial charge on any atom is -0.383 e. The molecule has 1 aromatic carbocycles. The molecule has 0 heterocycles. The summed E-state index contributed by atoms with van der Waals surface area (Å²) in [6.45, 7) is 2.88. The first-order valence-corrected chi connectivity index (χ1v) is 7.82. The van der Waals surface area contributed by atoms with Gasteiger partial charge in [0, 0.05) is 19.2 Å². The van der Waals surface area contributed by atoms with Crippen molar-refractivity contribution in [1.82, 2.24) is 4.90 Å². The summed E-state index contributed by atoms with van der Waals surface area (Å²) in [5.74, 6) is 0.701. The molecular weight excluding hydrogens is 260 g/mol. The Kier molecular flexibility index (Phi) is 5.78. The van der Waals surface area contributed by atoms with Crippen LogP contribution in [0.5, 0.6) is 0 Å². The van der Waals surface area contributed by atoms with Crippen LogP contribution in [0.25, 0.3) is 0 Å². The highest BCUT2D eigenvalue weighted by molar-refractivity contribution is 5.21. The third-order valence-corrected chi connectivity index (χ3v) is 4.88. The lowest BCUT2D eigenvalue weighted by molar-refractivity contribution is 0.0579. The summed E-state index contributed by atoms with van der Waals surface area (Å²) in [7, 11) is 3.87. The third kappa shape index (κ3) is 3.84. The van der Waals surface area contributed by atoms with Gasteiger partial charge in [0.25, 0.3) is 0 Å². The molecule has 4 atom stereocenters. The Morgan fingerprint density at radius 1 is 1.33 bits per heavy atom. The topological polar surface area (TPSA) is 36.3 Å². The van der Waals surface area contributed by atoms with Crippen LogP contribution in [0.15, 0.2) is 30.3 Å². The molecule has 1 aliphatic rings. The van der Waals surface area contributed by atoms with Gasteiger partial charge in [-0.15, -0.1) is 0 Å². The maximum atomic E-state index is 9.47. The molecule has 1 aromatic rings. The lowest BCUT2D eigenvalue weighted by atomic mass is 9.75. The molecule has 0 radical (unpaired) electrons. The van der Waals surface area contributed by atoms with Gasteiger partial charge in [0.2, 0.25) is 0 Å². The molecule has 0 N–H and O–H groups in total. The van der Waals surface area contributed by atoms with Crippen LogP contribution in [-0.4, -0.2) is 37.7 Å². The van der Waals surface area contributed by atoms with Gasteiger partial charge in [0.1, 0.15) is 0 Å². The predicted molar refractivity (Wildman–Crippen MR) is 85.0 cm³/mol. The van der Waals surface area contributed by atoms with E-state index in [1.165, 1.54) is 5.56 Å². The van der Waals surface area contributed by atoms with Crippen LogP contribution in [0, 0.1) is 17.2 Å². The van der Waals surface area contributed by atoms with Gasteiger partial charge in [-0.05, 0) is 44.7 Å². The number of hydrogen-bond donors (Lipinski definition) is 0. The predicted octanol–water partition coefficient (Wildman–Crippen LogP) is 3.43. The Hall–Kier alpha value is -1.37. The Balaban J connectivity index is 2.11. The highest BCUT2D eigenvalue weighted by atomic mass is 16.5. The van der Waals surface area contributed by atoms with Crippen molar-refractivity contribution in [2.24, 2.45) is 5.92 Å². The number of nitrogens with zero attached hydrogens (tertiary/aromatic N) is 2. The molecule has 0 bridgehead atoms. The molecular formula is C18H26N2O. The van der Waals surface area contributed by atoms with Crippen LogP contribution < -0.4 is 0 Å². The van der Waals surface area contributed by atoms with E-state index in [1.807, 2.05) is 0 Å². The quantitative estimate of drug-likeness (QED) is 0.832. The highest BCUT2D eigenvalue weighted by Gasteiger charge is 2.35. The Morgan fingerprint density at radius 2 is 2.05 bits per heavy atom. The molecule has 1 saturated carbocycles. The third-order valence-electron chi connectivity index (χ3n) is 4.88. The van der Waals surface area contributed by atoms with Crippen LogP contribution in [0.3, 0.4) is 0 Å². The van der Waals surface area contributed by atoms with E-state index in [4.69, 9.17) is 4.74 Å². The second-order valence-corrected chi connectivity index (χ2v) is 6.19. The first-order chi connectivity index (χ1) is 10.2. The number of methoxy groups -OCH3 is 1. The molecule has 4 unspecified atom stereocenters. The van der Waals surface area contributed by atoms with E-state index in [1.54, 1.807) is 7.11 Å². The summed E-state index contributed by atoms with van der Waals surface area (Å²) in [6, 6.07) is 13.9. The van der Waals surface area contributed by atoms with Crippen LogP contribution in [0.2, 0.25) is 0 Å². The maximum absolute atomic E-state index is 9.47. The fourth-order valence-corrected chi connectivity index (χ4v) is 3.46. The molecule has 21 heavy (non-hydrogen) atoms. The fourth-order valence-electron chi connectivity index (χ4n) is 3.46.